The summed E-state index contributed by atoms with van der Waals surface area (Å²) in [5.41, 5.74) is 3.24. The quantitative estimate of drug-likeness (QED) is 0.729. The number of ketones is 1. The molecule has 0 bridgehead atoms. The summed E-state index contributed by atoms with van der Waals surface area (Å²) in [4.78, 5) is 23.9. The average Bonchev–Trinajstić information content (AvgIpc) is 2.77. The van der Waals surface area contributed by atoms with Gasteiger partial charge in [0.2, 0.25) is 0 Å². The number of aromatic nitrogens is 3. The van der Waals surface area contributed by atoms with Gasteiger partial charge in [0.25, 0.3) is 0 Å². The molecule has 0 atom stereocenters. The lowest BCUT2D eigenvalue weighted by atomic mass is 10.1. The summed E-state index contributed by atoms with van der Waals surface area (Å²) in [6.45, 7) is 3.34. The number of aryl methyl sites for hydroxylation is 1. The molecule has 0 aliphatic heterocycles. The Morgan fingerprint density at radius 3 is 2.90 bits per heavy atom. The summed E-state index contributed by atoms with van der Waals surface area (Å²) in [5.74, 6) is 1.21. The first-order valence-corrected chi connectivity index (χ1v) is 6.31. The highest BCUT2D eigenvalue weighted by atomic mass is 16.3. The van der Waals surface area contributed by atoms with Crippen molar-refractivity contribution >= 4 is 16.9 Å². The van der Waals surface area contributed by atoms with E-state index in [1.807, 2.05) is 31.2 Å². The fourth-order valence-electron chi connectivity index (χ4n) is 2.07. The Bertz CT molecular complexity index is 793. The van der Waals surface area contributed by atoms with Crippen LogP contribution in [0.25, 0.3) is 22.4 Å². The van der Waals surface area contributed by atoms with Crippen molar-refractivity contribution in [3.8, 4) is 11.3 Å². The Morgan fingerprint density at radius 1 is 1.25 bits per heavy atom. The van der Waals surface area contributed by atoms with Gasteiger partial charge in [0.05, 0.1) is 12.1 Å². The molecule has 0 unspecified atom stereocenters. The molecule has 0 saturated heterocycles. The molecule has 1 aromatic carbocycles. The van der Waals surface area contributed by atoms with E-state index in [0.717, 1.165) is 22.4 Å². The van der Waals surface area contributed by atoms with Gasteiger partial charge in [-0.1, -0.05) is 6.07 Å². The number of Topliss-reactive ketones (excluding diaryl/α,β-unsaturated/α-hetero) is 1. The lowest BCUT2D eigenvalue weighted by Gasteiger charge is -2.02. The first kappa shape index (κ1) is 12.5. The second kappa shape index (κ2) is 4.85. The molecule has 0 amide bonds. The van der Waals surface area contributed by atoms with Crippen LogP contribution in [0.5, 0.6) is 0 Å². The molecule has 3 rings (SSSR count). The zero-order chi connectivity index (χ0) is 14.1. The van der Waals surface area contributed by atoms with Crippen LogP contribution in [0.2, 0.25) is 0 Å². The van der Waals surface area contributed by atoms with Crippen LogP contribution in [0.4, 0.5) is 0 Å². The van der Waals surface area contributed by atoms with Crippen LogP contribution < -0.4 is 0 Å². The maximum Gasteiger partial charge on any atom is 0.192 e. The lowest BCUT2D eigenvalue weighted by Crippen LogP contribution is -2.02. The third kappa shape index (κ3) is 2.42. The fraction of sp³-hybridized carbons (Fsp3) is 0.200. The molecule has 0 N–H and O–H groups in total. The number of nitrogens with zero attached hydrogens (tertiary/aromatic N) is 3. The molecular formula is C15H13N3O2. The van der Waals surface area contributed by atoms with Gasteiger partial charge in [0.1, 0.15) is 17.1 Å². The van der Waals surface area contributed by atoms with Crippen molar-refractivity contribution in [1.29, 1.82) is 0 Å². The lowest BCUT2D eigenvalue weighted by molar-refractivity contribution is -0.116. The smallest absolute Gasteiger partial charge is 0.192 e. The van der Waals surface area contributed by atoms with E-state index < -0.39 is 0 Å². The van der Waals surface area contributed by atoms with E-state index in [1.54, 1.807) is 6.20 Å². The predicted molar refractivity (Wildman–Crippen MR) is 74.2 cm³/mol. The van der Waals surface area contributed by atoms with Gasteiger partial charge in [0, 0.05) is 18.7 Å². The first-order valence-electron chi connectivity index (χ1n) is 6.31. The number of hydrogen-bond donors (Lipinski definition) is 0. The van der Waals surface area contributed by atoms with Gasteiger partial charge >= 0.3 is 0 Å². The Balaban J connectivity index is 2.03. The highest BCUT2D eigenvalue weighted by molar-refractivity contribution is 5.80. The molecule has 20 heavy (non-hydrogen) atoms. The maximum absolute atomic E-state index is 11.1. The normalized spacial score (nSPS) is 10.9. The van der Waals surface area contributed by atoms with Crippen molar-refractivity contribution in [3.05, 3.63) is 42.2 Å². The first-order chi connectivity index (χ1) is 9.61. The largest absolute Gasteiger partial charge is 0.441 e. The van der Waals surface area contributed by atoms with Crippen molar-refractivity contribution in [2.24, 2.45) is 0 Å². The molecule has 0 saturated carbocycles. The molecule has 2 aromatic heterocycles. The predicted octanol–water partition coefficient (Wildman–Crippen LogP) is 2.72. The van der Waals surface area contributed by atoms with Crippen LogP contribution in [0, 0.1) is 6.92 Å². The van der Waals surface area contributed by atoms with E-state index >= 15 is 0 Å². The summed E-state index contributed by atoms with van der Waals surface area (Å²) >= 11 is 0. The molecule has 0 radical (unpaired) electrons. The number of oxazole rings is 1. The number of carbonyl (C=O) groups is 1. The van der Waals surface area contributed by atoms with E-state index in [9.17, 15) is 4.79 Å². The van der Waals surface area contributed by atoms with Gasteiger partial charge in [0.15, 0.2) is 11.5 Å². The van der Waals surface area contributed by atoms with Crippen molar-refractivity contribution in [2.75, 3.05) is 0 Å². The molecule has 3 aromatic rings. The highest BCUT2D eigenvalue weighted by Gasteiger charge is 2.08. The minimum Gasteiger partial charge on any atom is -0.441 e. The van der Waals surface area contributed by atoms with Gasteiger partial charge in [-0.3, -0.25) is 4.79 Å². The van der Waals surface area contributed by atoms with Crippen molar-refractivity contribution in [2.45, 2.75) is 20.3 Å². The van der Waals surface area contributed by atoms with Crippen molar-refractivity contribution in [3.63, 3.8) is 0 Å². The summed E-state index contributed by atoms with van der Waals surface area (Å²) in [7, 11) is 0. The minimum atomic E-state index is 0.0449. The van der Waals surface area contributed by atoms with Gasteiger partial charge in [-0.25, -0.2) is 15.0 Å². The topological polar surface area (TPSA) is 68.9 Å². The number of hydrogen-bond acceptors (Lipinski definition) is 5. The Labute approximate surface area is 115 Å². The summed E-state index contributed by atoms with van der Waals surface area (Å²) in [6.07, 6.45) is 1.91. The Hall–Kier alpha value is -2.56. The monoisotopic (exact) mass is 267 g/mol. The zero-order valence-electron chi connectivity index (χ0n) is 11.3. The zero-order valence-corrected chi connectivity index (χ0v) is 11.3. The molecule has 5 nitrogen and oxygen atoms in total. The minimum absolute atomic E-state index is 0.0449. The van der Waals surface area contributed by atoms with E-state index in [2.05, 4.69) is 15.0 Å². The van der Waals surface area contributed by atoms with Crippen LogP contribution >= 0.6 is 0 Å². The summed E-state index contributed by atoms with van der Waals surface area (Å²) < 4.78 is 5.52. The molecule has 5 heteroatoms. The van der Waals surface area contributed by atoms with Crippen molar-refractivity contribution in [1.82, 2.24) is 15.0 Å². The number of benzene rings is 1. The van der Waals surface area contributed by atoms with Gasteiger partial charge < -0.3 is 4.42 Å². The van der Waals surface area contributed by atoms with E-state index in [4.69, 9.17) is 4.42 Å². The fourth-order valence-corrected chi connectivity index (χ4v) is 2.07. The second-order valence-electron chi connectivity index (χ2n) is 4.65. The standard InChI is InChI=1S/C15H13N3O2/c1-9(19)7-15-16-6-5-12(18-15)11-3-4-13-14(8-11)20-10(2)17-13/h3-6,8H,7H2,1-2H3. The maximum atomic E-state index is 11.1. The SMILES string of the molecule is CC(=O)Cc1nccc(-c2ccc3nc(C)oc3c2)n1. The van der Waals surface area contributed by atoms with Crippen LogP contribution in [0.1, 0.15) is 18.6 Å². The third-order valence-electron chi connectivity index (χ3n) is 2.90. The van der Waals surface area contributed by atoms with E-state index in [1.165, 1.54) is 6.92 Å². The highest BCUT2D eigenvalue weighted by Crippen LogP contribution is 2.23. The number of rotatable bonds is 3. The molecule has 100 valence electrons. The summed E-state index contributed by atoms with van der Waals surface area (Å²) in [6, 6.07) is 7.54. The molecule has 0 spiro atoms. The second-order valence-corrected chi connectivity index (χ2v) is 4.65. The van der Waals surface area contributed by atoms with Gasteiger partial charge in [-0.2, -0.15) is 0 Å². The molecular weight excluding hydrogens is 254 g/mol. The molecule has 0 fully saturated rings. The Morgan fingerprint density at radius 2 is 2.10 bits per heavy atom. The van der Waals surface area contributed by atoms with Crippen molar-refractivity contribution < 1.29 is 9.21 Å². The molecule has 0 aliphatic carbocycles. The van der Waals surface area contributed by atoms with E-state index in [-0.39, 0.29) is 12.2 Å². The van der Waals surface area contributed by atoms with Gasteiger partial charge in [-0.05, 0) is 25.1 Å². The van der Waals surface area contributed by atoms with Gasteiger partial charge in [-0.15, -0.1) is 0 Å². The summed E-state index contributed by atoms with van der Waals surface area (Å²) in [5, 5.41) is 0. The van der Waals surface area contributed by atoms with Crippen LogP contribution in [0.15, 0.2) is 34.9 Å². The average molecular weight is 267 g/mol. The molecule has 0 aliphatic rings. The molecule has 2 heterocycles. The van der Waals surface area contributed by atoms with Crippen LogP contribution in [-0.4, -0.2) is 20.7 Å². The number of carbonyl (C=O) groups excluding carboxylic acids is 1. The van der Waals surface area contributed by atoms with Crippen LogP contribution in [0.3, 0.4) is 0 Å². The Kier molecular flexibility index (Phi) is 3.02. The number of fused-ring (bicyclic) bond motifs is 1. The van der Waals surface area contributed by atoms with Crippen LogP contribution in [-0.2, 0) is 11.2 Å². The van der Waals surface area contributed by atoms with E-state index in [0.29, 0.717) is 11.7 Å². The third-order valence-corrected chi connectivity index (χ3v) is 2.90.